The number of fused-ring (bicyclic) bond motifs is 1. The van der Waals surface area contributed by atoms with E-state index in [2.05, 4.69) is 5.10 Å². The van der Waals surface area contributed by atoms with Crippen LogP contribution in [0.4, 0.5) is 4.79 Å². The van der Waals surface area contributed by atoms with Gasteiger partial charge in [0, 0.05) is 5.39 Å². The minimum atomic E-state index is -0.559. The maximum absolute atomic E-state index is 10.8. The Morgan fingerprint density at radius 3 is 2.92 bits per heavy atom. The van der Waals surface area contributed by atoms with Crippen molar-refractivity contribution in [2.75, 3.05) is 0 Å². The molecule has 0 aliphatic heterocycles. The fourth-order valence-electron chi connectivity index (χ4n) is 1.15. The van der Waals surface area contributed by atoms with Gasteiger partial charge in [-0.2, -0.15) is 9.78 Å². The van der Waals surface area contributed by atoms with Crippen LogP contribution in [0.15, 0.2) is 30.5 Å². The first kappa shape index (κ1) is 6.84. The quantitative estimate of drug-likeness (QED) is 0.625. The molecule has 0 saturated heterocycles. The Bertz CT molecular complexity index is 433. The number of nitrogens with zero attached hydrogens (tertiary/aromatic N) is 2. The van der Waals surface area contributed by atoms with Gasteiger partial charge < -0.3 is 5.73 Å². The molecule has 0 unspecified atom stereocenters. The van der Waals surface area contributed by atoms with Crippen LogP contribution >= 0.6 is 0 Å². The molecule has 0 aliphatic rings. The van der Waals surface area contributed by atoms with Gasteiger partial charge in [0.1, 0.15) is 0 Å². The fourth-order valence-corrected chi connectivity index (χ4v) is 1.15. The summed E-state index contributed by atoms with van der Waals surface area (Å²) < 4.78 is 1.18. The number of aromatic nitrogens is 2. The maximum Gasteiger partial charge on any atom is 0.340 e. The Balaban J connectivity index is 2.79. The molecule has 0 bridgehead atoms. The van der Waals surface area contributed by atoms with Gasteiger partial charge in [0.15, 0.2) is 0 Å². The van der Waals surface area contributed by atoms with Crippen molar-refractivity contribution in [2.45, 2.75) is 0 Å². The summed E-state index contributed by atoms with van der Waals surface area (Å²) in [5.41, 5.74) is 5.83. The molecule has 1 heterocycles. The molecule has 0 fully saturated rings. The zero-order valence-corrected chi connectivity index (χ0v) is 6.27. The van der Waals surface area contributed by atoms with Crippen molar-refractivity contribution >= 4 is 16.9 Å². The molecule has 2 aromatic rings. The van der Waals surface area contributed by atoms with Crippen LogP contribution in [-0.4, -0.2) is 15.8 Å². The van der Waals surface area contributed by atoms with Gasteiger partial charge in [0.05, 0.1) is 11.7 Å². The number of carbonyl (C=O) groups excluding carboxylic acids is 1. The van der Waals surface area contributed by atoms with Crippen LogP contribution in [0.1, 0.15) is 0 Å². The molecule has 1 amide bonds. The molecular weight excluding hydrogens is 154 g/mol. The fraction of sp³-hybridized carbons (Fsp3) is 0. The van der Waals surface area contributed by atoms with Crippen LogP contribution in [0.2, 0.25) is 0 Å². The van der Waals surface area contributed by atoms with Gasteiger partial charge in [-0.1, -0.05) is 18.2 Å². The van der Waals surface area contributed by atoms with E-state index < -0.39 is 6.03 Å². The third-order valence-corrected chi connectivity index (χ3v) is 1.69. The molecule has 2 rings (SSSR count). The van der Waals surface area contributed by atoms with Crippen molar-refractivity contribution in [3.8, 4) is 0 Å². The lowest BCUT2D eigenvalue weighted by molar-refractivity contribution is 0.248. The third-order valence-electron chi connectivity index (χ3n) is 1.69. The van der Waals surface area contributed by atoms with E-state index in [1.165, 1.54) is 4.68 Å². The van der Waals surface area contributed by atoms with Gasteiger partial charge in [-0.05, 0) is 6.07 Å². The van der Waals surface area contributed by atoms with Crippen LogP contribution in [0.25, 0.3) is 10.9 Å². The maximum atomic E-state index is 10.8. The van der Waals surface area contributed by atoms with Gasteiger partial charge >= 0.3 is 6.03 Å². The monoisotopic (exact) mass is 161 g/mol. The number of nitrogens with two attached hydrogens (primary N) is 1. The summed E-state index contributed by atoms with van der Waals surface area (Å²) >= 11 is 0. The Labute approximate surface area is 68.6 Å². The highest BCUT2D eigenvalue weighted by Gasteiger charge is 2.04. The van der Waals surface area contributed by atoms with E-state index >= 15 is 0 Å². The summed E-state index contributed by atoms with van der Waals surface area (Å²) in [4.78, 5) is 10.8. The van der Waals surface area contributed by atoms with Crippen molar-refractivity contribution < 1.29 is 4.79 Å². The van der Waals surface area contributed by atoms with E-state index in [0.717, 1.165) is 10.9 Å². The minimum absolute atomic E-state index is 0.559. The molecule has 60 valence electrons. The molecule has 4 heteroatoms. The number of hydrogen-bond acceptors (Lipinski definition) is 2. The number of rotatable bonds is 0. The lowest BCUT2D eigenvalue weighted by atomic mass is 10.3. The summed E-state index contributed by atoms with van der Waals surface area (Å²) in [6.07, 6.45) is 1.61. The second-order valence-corrected chi connectivity index (χ2v) is 2.45. The van der Waals surface area contributed by atoms with Gasteiger partial charge in [-0.15, -0.1) is 0 Å². The highest BCUT2D eigenvalue weighted by Crippen LogP contribution is 2.11. The first-order valence-corrected chi connectivity index (χ1v) is 3.51. The van der Waals surface area contributed by atoms with Crippen LogP contribution in [0.3, 0.4) is 0 Å². The summed E-state index contributed by atoms with van der Waals surface area (Å²) in [6.45, 7) is 0. The number of primary amides is 1. The highest BCUT2D eigenvalue weighted by atomic mass is 16.2. The number of hydrogen-bond donors (Lipinski definition) is 1. The lowest BCUT2D eigenvalue weighted by Crippen LogP contribution is -2.20. The van der Waals surface area contributed by atoms with Crippen LogP contribution in [0, 0.1) is 0 Å². The Kier molecular flexibility index (Phi) is 1.33. The summed E-state index contributed by atoms with van der Waals surface area (Å²) in [5.74, 6) is 0. The largest absolute Gasteiger partial charge is 0.350 e. The average molecular weight is 161 g/mol. The van der Waals surface area contributed by atoms with E-state index in [-0.39, 0.29) is 0 Å². The number of para-hydroxylation sites is 1. The minimum Gasteiger partial charge on any atom is -0.350 e. The first-order chi connectivity index (χ1) is 5.79. The van der Waals surface area contributed by atoms with Crippen LogP contribution in [0.5, 0.6) is 0 Å². The molecule has 12 heavy (non-hydrogen) atoms. The van der Waals surface area contributed by atoms with E-state index in [1.54, 1.807) is 12.3 Å². The summed E-state index contributed by atoms with van der Waals surface area (Å²) in [6, 6.07) is 6.84. The molecular formula is C8H7N3O. The average Bonchev–Trinajstić information content (AvgIpc) is 2.47. The molecule has 0 aliphatic carbocycles. The summed E-state index contributed by atoms with van der Waals surface area (Å²) in [5, 5.41) is 4.75. The Morgan fingerprint density at radius 2 is 2.17 bits per heavy atom. The lowest BCUT2D eigenvalue weighted by Gasteiger charge is -1.94. The van der Waals surface area contributed by atoms with Crippen molar-refractivity contribution in [2.24, 2.45) is 5.73 Å². The summed E-state index contributed by atoms with van der Waals surface area (Å²) in [7, 11) is 0. The third kappa shape index (κ3) is 0.852. The zero-order chi connectivity index (χ0) is 8.55. The molecule has 0 radical (unpaired) electrons. The standard InChI is InChI=1S/C8H7N3O/c9-8(12)11-7-4-2-1-3-6(7)5-10-11/h1-5H,(H2,9,12). The van der Waals surface area contributed by atoms with Crippen molar-refractivity contribution in [1.82, 2.24) is 9.78 Å². The van der Waals surface area contributed by atoms with Gasteiger partial charge in [-0.3, -0.25) is 0 Å². The van der Waals surface area contributed by atoms with Gasteiger partial charge in [-0.25, -0.2) is 4.79 Å². The van der Waals surface area contributed by atoms with Crippen molar-refractivity contribution in [3.05, 3.63) is 30.5 Å². The first-order valence-electron chi connectivity index (χ1n) is 3.51. The van der Waals surface area contributed by atoms with Crippen LogP contribution < -0.4 is 5.73 Å². The molecule has 1 aromatic carbocycles. The van der Waals surface area contributed by atoms with E-state index in [0.29, 0.717) is 0 Å². The molecule has 4 nitrogen and oxygen atoms in total. The van der Waals surface area contributed by atoms with E-state index in [9.17, 15) is 4.79 Å². The normalized spacial score (nSPS) is 10.3. The zero-order valence-electron chi connectivity index (χ0n) is 6.27. The number of benzene rings is 1. The van der Waals surface area contributed by atoms with Gasteiger partial charge in [0.25, 0.3) is 0 Å². The predicted molar refractivity (Wildman–Crippen MR) is 44.7 cm³/mol. The number of carbonyl (C=O) groups is 1. The van der Waals surface area contributed by atoms with Crippen molar-refractivity contribution in [3.63, 3.8) is 0 Å². The second-order valence-electron chi connectivity index (χ2n) is 2.45. The number of amides is 1. The van der Waals surface area contributed by atoms with E-state index in [4.69, 9.17) is 5.73 Å². The molecule has 0 atom stereocenters. The van der Waals surface area contributed by atoms with Crippen LogP contribution in [-0.2, 0) is 0 Å². The molecule has 0 spiro atoms. The SMILES string of the molecule is NC(=O)n1ncc2ccccc21. The Hall–Kier alpha value is -1.84. The Morgan fingerprint density at radius 1 is 1.42 bits per heavy atom. The smallest absolute Gasteiger partial charge is 0.340 e. The van der Waals surface area contributed by atoms with Gasteiger partial charge in [0.2, 0.25) is 0 Å². The second kappa shape index (κ2) is 2.34. The molecule has 0 saturated carbocycles. The van der Waals surface area contributed by atoms with E-state index in [1.807, 2.05) is 18.2 Å². The molecule has 2 N–H and O–H groups in total. The topological polar surface area (TPSA) is 60.9 Å². The predicted octanol–water partition coefficient (Wildman–Crippen LogP) is 0.963. The highest BCUT2D eigenvalue weighted by molar-refractivity contribution is 5.88. The molecule has 1 aromatic heterocycles. The van der Waals surface area contributed by atoms with Crippen molar-refractivity contribution in [1.29, 1.82) is 0 Å².